The lowest BCUT2D eigenvalue weighted by atomic mass is 10.3. The summed E-state index contributed by atoms with van der Waals surface area (Å²) in [5.41, 5.74) is 6.41. The second kappa shape index (κ2) is 4.65. The molecule has 1 rings (SSSR count). The zero-order valence-corrected chi connectivity index (χ0v) is 10.5. The van der Waals surface area contributed by atoms with Crippen molar-refractivity contribution in [3.8, 4) is 0 Å². The van der Waals surface area contributed by atoms with Gasteiger partial charge >= 0.3 is 0 Å². The summed E-state index contributed by atoms with van der Waals surface area (Å²) >= 11 is 0. The topological polar surface area (TPSA) is 89.2 Å². The molecule has 0 bridgehead atoms. The Bertz CT molecular complexity index is 472. The van der Waals surface area contributed by atoms with Crippen molar-refractivity contribution in [3.05, 3.63) is 11.9 Å². The number of hydrogen-bond donors (Lipinski definition) is 1. The van der Waals surface area contributed by atoms with Gasteiger partial charge in [0.1, 0.15) is 27.8 Å². The van der Waals surface area contributed by atoms with Crippen LogP contribution in [0.3, 0.4) is 0 Å². The normalized spacial score (nSPS) is 11.4. The number of aromatic nitrogens is 2. The summed E-state index contributed by atoms with van der Waals surface area (Å²) in [6, 6.07) is 0. The van der Waals surface area contributed by atoms with Gasteiger partial charge in [0, 0.05) is 25.4 Å². The third-order valence-corrected chi connectivity index (χ3v) is 3.18. The molecule has 2 N–H and O–H groups in total. The fraction of sp³-hybridized carbons (Fsp3) is 0.556. The third-order valence-electron chi connectivity index (χ3n) is 2.26. The average molecular weight is 244 g/mol. The number of anilines is 2. The molecule has 1 heterocycles. The minimum absolute atomic E-state index is 0.0901. The van der Waals surface area contributed by atoms with Crippen molar-refractivity contribution in [2.24, 2.45) is 0 Å². The maximum Gasteiger partial charge on any atom is 0.149 e. The molecule has 0 aliphatic heterocycles. The molecule has 0 aliphatic rings. The van der Waals surface area contributed by atoms with E-state index in [2.05, 4.69) is 9.97 Å². The molecular weight excluding hydrogens is 228 g/mol. The van der Waals surface area contributed by atoms with Crippen molar-refractivity contribution in [2.45, 2.75) is 6.92 Å². The Morgan fingerprint density at radius 3 is 2.62 bits per heavy atom. The van der Waals surface area contributed by atoms with E-state index in [0.29, 0.717) is 18.2 Å². The van der Waals surface area contributed by atoms with E-state index in [9.17, 15) is 8.42 Å². The summed E-state index contributed by atoms with van der Waals surface area (Å²) in [7, 11) is -1.19. The minimum Gasteiger partial charge on any atom is -0.383 e. The van der Waals surface area contributed by atoms with Gasteiger partial charge in [0.15, 0.2) is 0 Å². The van der Waals surface area contributed by atoms with Crippen molar-refractivity contribution in [2.75, 3.05) is 36.2 Å². The molecule has 0 amide bonds. The summed E-state index contributed by atoms with van der Waals surface area (Å²) in [6.07, 6.45) is 2.58. The second-order valence-electron chi connectivity index (χ2n) is 3.76. The van der Waals surface area contributed by atoms with E-state index in [-0.39, 0.29) is 5.75 Å². The predicted molar refractivity (Wildman–Crippen MR) is 64.2 cm³/mol. The molecule has 90 valence electrons. The molecule has 16 heavy (non-hydrogen) atoms. The maximum absolute atomic E-state index is 11.0. The number of rotatable bonds is 4. The molecule has 0 aromatic carbocycles. The van der Waals surface area contributed by atoms with E-state index < -0.39 is 9.84 Å². The lowest BCUT2D eigenvalue weighted by Crippen LogP contribution is -2.26. The number of hydrogen-bond acceptors (Lipinski definition) is 6. The zero-order valence-electron chi connectivity index (χ0n) is 9.64. The molecule has 0 saturated carbocycles. The highest BCUT2D eigenvalue weighted by Crippen LogP contribution is 2.18. The van der Waals surface area contributed by atoms with E-state index in [1.807, 2.05) is 6.92 Å². The number of nitrogen functional groups attached to an aromatic ring is 1. The largest absolute Gasteiger partial charge is 0.383 e. The molecule has 0 saturated heterocycles. The van der Waals surface area contributed by atoms with Gasteiger partial charge in [-0.3, -0.25) is 0 Å². The van der Waals surface area contributed by atoms with Crippen LogP contribution in [0, 0.1) is 6.92 Å². The first-order valence-electron chi connectivity index (χ1n) is 4.77. The number of sulfone groups is 1. The molecule has 7 heteroatoms. The van der Waals surface area contributed by atoms with Crippen molar-refractivity contribution in [1.29, 1.82) is 0 Å². The second-order valence-corrected chi connectivity index (χ2v) is 6.02. The lowest BCUT2D eigenvalue weighted by Gasteiger charge is -2.19. The molecular formula is C9H16N4O2S. The highest BCUT2D eigenvalue weighted by molar-refractivity contribution is 7.90. The Kier molecular flexibility index (Phi) is 3.69. The smallest absolute Gasteiger partial charge is 0.149 e. The van der Waals surface area contributed by atoms with E-state index in [1.54, 1.807) is 11.9 Å². The summed E-state index contributed by atoms with van der Waals surface area (Å²) in [6.45, 7) is 2.19. The van der Waals surface area contributed by atoms with Crippen LogP contribution in [-0.4, -0.2) is 44.0 Å². The van der Waals surface area contributed by atoms with Gasteiger partial charge in [-0.15, -0.1) is 0 Å². The Hall–Kier alpha value is -1.37. The highest BCUT2D eigenvalue weighted by Gasteiger charge is 2.11. The molecule has 1 aromatic heterocycles. The molecule has 0 spiro atoms. The van der Waals surface area contributed by atoms with E-state index in [1.165, 1.54) is 12.6 Å². The molecule has 6 nitrogen and oxygen atoms in total. The highest BCUT2D eigenvalue weighted by atomic mass is 32.2. The van der Waals surface area contributed by atoms with Gasteiger partial charge in [-0.05, 0) is 6.92 Å². The van der Waals surface area contributed by atoms with E-state index >= 15 is 0 Å². The van der Waals surface area contributed by atoms with Crippen LogP contribution in [0.1, 0.15) is 5.56 Å². The van der Waals surface area contributed by atoms with Crippen LogP contribution in [0.15, 0.2) is 6.33 Å². The molecule has 0 atom stereocenters. The fourth-order valence-corrected chi connectivity index (χ4v) is 1.85. The lowest BCUT2D eigenvalue weighted by molar-refractivity contribution is 0.601. The van der Waals surface area contributed by atoms with Gasteiger partial charge in [0.2, 0.25) is 0 Å². The van der Waals surface area contributed by atoms with Crippen molar-refractivity contribution in [1.82, 2.24) is 9.97 Å². The van der Waals surface area contributed by atoms with Crippen LogP contribution in [0.5, 0.6) is 0 Å². The number of nitrogens with two attached hydrogens (primary N) is 1. The maximum atomic E-state index is 11.0. The summed E-state index contributed by atoms with van der Waals surface area (Å²) in [5.74, 6) is 1.17. The predicted octanol–water partition coefficient (Wildman–Crippen LogP) is -0.152. The Morgan fingerprint density at radius 2 is 2.06 bits per heavy atom. The van der Waals surface area contributed by atoms with Crippen LogP contribution in [0.4, 0.5) is 11.6 Å². The van der Waals surface area contributed by atoms with Gasteiger partial charge in [-0.25, -0.2) is 18.4 Å². The van der Waals surface area contributed by atoms with Crippen LogP contribution < -0.4 is 10.6 Å². The van der Waals surface area contributed by atoms with Crippen LogP contribution in [0.25, 0.3) is 0 Å². The molecule has 1 aromatic rings. The Balaban J connectivity index is 2.81. The van der Waals surface area contributed by atoms with Crippen molar-refractivity contribution >= 4 is 21.5 Å². The summed E-state index contributed by atoms with van der Waals surface area (Å²) < 4.78 is 22.1. The SMILES string of the molecule is Cc1c(N)ncnc1N(C)CCS(C)(=O)=O. The minimum atomic E-state index is -2.97. The molecule has 0 fully saturated rings. The van der Waals surface area contributed by atoms with Gasteiger partial charge in [0.25, 0.3) is 0 Å². The molecule has 0 unspecified atom stereocenters. The van der Waals surface area contributed by atoms with Gasteiger partial charge in [0.05, 0.1) is 5.75 Å². The van der Waals surface area contributed by atoms with Crippen LogP contribution >= 0.6 is 0 Å². The molecule has 0 aliphatic carbocycles. The Morgan fingerprint density at radius 1 is 1.44 bits per heavy atom. The average Bonchev–Trinajstić information content (AvgIpc) is 2.17. The van der Waals surface area contributed by atoms with Gasteiger partial charge in [-0.2, -0.15) is 0 Å². The van der Waals surface area contributed by atoms with Crippen LogP contribution in [0.2, 0.25) is 0 Å². The first-order valence-corrected chi connectivity index (χ1v) is 6.83. The first kappa shape index (κ1) is 12.7. The number of nitrogens with zero attached hydrogens (tertiary/aromatic N) is 3. The van der Waals surface area contributed by atoms with Crippen LogP contribution in [-0.2, 0) is 9.84 Å². The molecule has 0 radical (unpaired) electrons. The van der Waals surface area contributed by atoms with Gasteiger partial charge < -0.3 is 10.6 Å². The summed E-state index contributed by atoms with van der Waals surface area (Å²) in [4.78, 5) is 9.69. The van der Waals surface area contributed by atoms with E-state index in [0.717, 1.165) is 5.56 Å². The van der Waals surface area contributed by atoms with Crippen molar-refractivity contribution in [3.63, 3.8) is 0 Å². The summed E-state index contributed by atoms with van der Waals surface area (Å²) in [5, 5.41) is 0. The zero-order chi connectivity index (χ0) is 12.3. The van der Waals surface area contributed by atoms with Gasteiger partial charge in [-0.1, -0.05) is 0 Å². The fourth-order valence-electron chi connectivity index (χ4n) is 1.25. The third kappa shape index (κ3) is 3.34. The monoisotopic (exact) mass is 244 g/mol. The Labute approximate surface area is 95.4 Å². The van der Waals surface area contributed by atoms with Crippen molar-refractivity contribution < 1.29 is 8.42 Å². The quantitative estimate of drug-likeness (QED) is 0.792. The van der Waals surface area contributed by atoms with E-state index in [4.69, 9.17) is 5.73 Å². The standard InChI is InChI=1S/C9H16N4O2S/c1-7-8(10)11-6-12-9(7)13(2)4-5-16(3,14)15/h6H,4-5H2,1-3H3,(H2,10,11,12). The first-order chi connectivity index (χ1) is 7.31.